The highest BCUT2D eigenvalue weighted by atomic mass is 19.1. The molecule has 1 aliphatic heterocycles. The largest absolute Gasteiger partial charge is 0.505 e. The summed E-state index contributed by atoms with van der Waals surface area (Å²) in [6.07, 6.45) is 0. The van der Waals surface area contributed by atoms with E-state index >= 15 is 0 Å². The molecule has 1 heterocycles. The molecule has 1 fully saturated rings. The Labute approximate surface area is 94.9 Å². The fraction of sp³-hybridized carbons (Fsp3) is 0.500. The maximum absolute atomic E-state index is 13.6. The summed E-state index contributed by atoms with van der Waals surface area (Å²) >= 11 is 0. The van der Waals surface area contributed by atoms with Gasteiger partial charge in [0.2, 0.25) is 0 Å². The predicted octanol–water partition coefficient (Wildman–Crippen LogP) is 1.24. The van der Waals surface area contributed by atoms with Crippen molar-refractivity contribution in [2.75, 3.05) is 26.2 Å². The summed E-state index contributed by atoms with van der Waals surface area (Å²) < 4.78 is 13.6. The maximum Gasteiger partial charge on any atom is 0.169 e. The number of halogens is 1. The molecule has 0 atom stereocenters. The SMILES string of the molecule is Cc1cc(O)c(F)c(CN2CCNCC2)c1. The molecule has 0 radical (unpaired) electrons. The van der Waals surface area contributed by atoms with E-state index in [-0.39, 0.29) is 5.75 Å². The normalized spacial score (nSPS) is 17.6. The van der Waals surface area contributed by atoms with E-state index < -0.39 is 5.82 Å². The molecule has 0 aliphatic carbocycles. The van der Waals surface area contributed by atoms with Gasteiger partial charge >= 0.3 is 0 Å². The van der Waals surface area contributed by atoms with Crippen molar-refractivity contribution in [3.05, 3.63) is 29.1 Å². The highest BCUT2D eigenvalue weighted by molar-refractivity contribution is 5.34. The van der Waals surface area contributed by atoms with Gasteiger partial charge in [0.05, 0.1) is 0 Å². The topological polar surface area (TPSA) is 35.5 Å². The predicted molar refractivity (Wildman–Crippen MR) is 60.9 cm³/mol. The van der Waals surface area contributed by atoms with Crippen LogP contribution in [-0.2, 0) is 6.54 Å². The van der Waals surface area contributed by atoms with Gasteiger partial charge in [-0.25, -0.2) is 4.39 Å². The number of aryl methyl sites for hydroxylation is 1. The van der Waals surface area contributed by atoms with Crippen LogP contribution in [0.2, 0.25) is 0 Å². The summed E-state index contributed by atoms with van der Waals surface area (Å²) in [4.78, 5) is 2.19. The number of rotatable bonds is 2. The molecular weight excluding hydrogens is 207 g/mol. The fourth-order valence-corrected chi connectivity index (χ4v) is 2.05. The number of aromatic hydroxyl groups is 1. The number of hydrogen-bond acceptors (Lipinski definition) is 3. The first kappa shape index (κ1) is 11.4. The molecule has 0 aromatic heterocycles. The summed E-state index contributed by atoms with van der Waals surface area (Å²) in [5.74, 6) is -0.728. The lowest BCUT2D eigenvalue weighted by atomic mass is 10.1. The van der Waals surface area contributed by atoms with E-state index in [1.54, 1.807) is 6.07 Å². The number of nitrogens with zero attached hydrogens (tertiary/aromatic N) is 1. The summed E-state index contributed by atoms with van der Waals surface area (Å²) in [6, 6.07) is 3.26. The fourth-order valence-electron chi connectivity index (χ4n) is 2.05. The molecule has 4 heteroatoms. The first-order chi connectivity index (χ1) is 7.66. The number of benzene rings is 1. The van der Waals surface area contributed by atoms with Gasteiger partial charge in [-0.2, -0.15) is 0 Å². The molecule has 1 aliphatic rings. The van der Waals surface area contributed by atoms with Crippen LogP contribution in [0.1, 0.15) is 11.1 Å². The van der Waals surface area contributed by atoms with E-state index in [0.717, 1.165) is 31.7 Å². The third-order valence-corrected chi connectivity index (χ3v) is 2.88. The van der Waals surface area contributed by atoms with E-state index in [2.05, 4.69) is 10.2 Å². The monoisotopic (exact) mass is 224 g/mol. The zero-order chi connectivity index (χ0) is 11.5. The number of phenols is 1. The highest BCUT2D eigenvalue weighted by Crippen LogP contribution is 2.22. The number of nitrogens with one attached hydrogen (secondary N) is 1. The zero-order valence-corrected chi connectivity index (χ0v) is 9.46. The van der Waals surface area contributed by atoms with Crippen LogP contribution >= 0.6 is 0 Å². The van der Waals surface area contributed by atoms with E-state index in [9.17, 15) is 9.50 Å². The summed E-state index contributed by atoms with van der Waals surface area (Å²) in [6.45, 7) is 6.17. The summed E-state index contributed by atoms with van der Waals surface area (Å²) in [5.41, 5.74) is 1.48. The Kier molecular flexibility index (Phi) is 3.41. The van der Waals surface area contributed by atoms with Crippen molar-refractivity contribution in [1.82, 2.24) is 10.2 Å². The average Bonchev–Trinajstić information content (AvgIpc) is 2.27. The Hall–Kier alpha value is -1.13. The van der Waals surface area contributed by atoms with Crippen LogP contribution in [0.25, 0.3) is 0 Å². The molecule has 1 aromatic carbocycles. The Morgan fingerprint density at radius 3 is 2.75 bits per heavy atom. The van der Waals surface area contributed by atoms with E-state index in [1.165, 1.54) is 6.07 Å². The molecule has 2 rings (SSSR count). The quantitative estimate of drug-likeness (QED) is 0.793. The van der Waals surface area contributed by atoms with Gasteiger partial charge < -0.3 is 10.4 Å². The van der Waals surface area contributed by atoms with Gasteiger partial charge in [0, 0.05) is 38.3 Å². The van der Waals surface area contributed by atoms with Gasteiger partial charge in [-0.1, -0.05) is 6.07 Å². The van der Waals surface area contributed by atoms with Gasteiger partial charge in [-0.3, -0.25) is 4.90 Å². The molecule has 0 bridgehead atoms. The van der Waals surface area contributed by atoms with Crippen molar-refractivity contribution in [3.8, 4) is 5.75 Å². The minimum Gasteiger partial charge on any atom is -0.505 e. The van der Waals surface area contributed by atoms with Crippen molar-refractivity contribution in [3.63, 3.8) is 0 Å². The number of piperazine rings is 1. The van der Waals surface area contributed by atoms with Gasteiger partial charge in [-0.15, -0.1) is 0 Å². The van der Waals surface area contributed by atoms with Crippen molar-refractivity contribution >= 4 is 0 Å². The smallest absolute Gasteiger partial charge is 0.169 e. The van der Waals surface area contributed by atoms with Crippen LogP contribution < -0.4 is 5.32 Å². The summed E-state index contributed by atoms with van der Waals surface area (Å²) in [5, 5.41) is 12.7. The highest BCUT2D eigenvalue weighted by Gasteiger charge is 2.14. The van der Waals surface area contributed by atoms with Gasteiger partial charge in [-0.05, 0) is 18.6 Å². The molecule has 2 N–H and O–H groups in total. The Balaban J connectivity index is 2.13. The average molecular weight is 224 g/mol. The molecule has 16 heavy (non-hydrogen) atoms. The molecule has 1 aromatic rings. The minimum absolute atomic E-state index is 0.245. The molecule has 0 saturated carbocycles. The second kappa shape index (κ2) is 4.80. The van der Waals surface area contributed by atoms with Crippen LogP contribution in [0, 0.1) is 12.7 Å². The van der Waals surface area contributed by atoms with E-state index in [1.807, 2.05) is 6.92 Å². The zero-order valence-electron chi connectivity index (χ0n) is 9.46. The molecule has 0 amide bonds. The second-order valence-corrected chi connectivity index (χ2v) is 4.28. The lowest BCUT2D eigenvalue weighted by Gasteiger charge is -2.27. The van der Waals surface area contributed by atoms with Crippen molar-refractivity contribution in [2.45, 2.75) is 13.5 Å². The standard InChI is InChI=1S/C12H17FN2O/c1-9-6-10(12(13)11(16)7-9)8-15-4-2-14-3-5-15/h6-7,14,16H,2-5,8H2,1H3. The molecule has 3 nitrogen and oxygen atoms in total. The van der Waals surface area contributed by atoms with E-state index in [4.69, 9.17) is 0 Å². The lowest BCUT2D eigenvalue weighted by molar-refractivity contribution is 0.229. The number of phenolic OH excluding ortho intramolecular Hbond substituents is 1. The van der Waals surface area contributed by atoms with Crippen LogP contribution in [0.5, 0.6) is 5.75 Å². The van der Waals surface area contributed by atoms with Crippen LogP contribution in [0.4, 0.5) is 4.39 Å². The Morgan fingerprint density at radius 1 is 1.38 bits per heavy atom. The third-order valence-electron chi connectivity index (χ3n) is 2.88. The van der Waals surface area contributed by atoms with Crippen LogP contribution in [0.3, 0.4) is 0 Å². The third kappa shape index (κ3) is 2.51. The maximum atomic E-state index is 13.6. The van der Waals surface area contributed by atoms with E-state index in [0.29, 0.717) is 12.1 Å². The Bertz CT molecular complexity index is 376. The van der Waals surface area contributed by atoms with Gasteiger partial charge in [0.15, 0.2) is 11.6 Å². The molecule has 88 valence electrons. The van der Waals surface area contributed by atoms with Crippen molar-refractivity contribution in [2.24, 2.45) is 0 Å². The molecule has 1 saturated heterocycles. The lowest BCUT2D eigenvalue weighted by Crippen LogP contribution is -2.43. The van der Waals surface area contributed by atoms with Crippen molar-refractivity contribution in [1.29, 1.82) is 0 Å². The molecule has 0 spiro atoms. The number of hydrogen-bond donors (Lipinski definition) is 2. The van der Waals surface area contributed by atoms with Crippen molar-refractivity contribution < 1.29 is 9.50 Å². The van der Waals surface area contributed by atoms with Gasteiger partial charge in [0.1, 0.15) is 0 Å². The van der Waals surface area contributed by atoms with Crippen LogP contribution in [-0.4, -0.2) is 36.2 Å². The molecular formula is C12H17FN2O. The Morgan fingerprint density at radius 2 is 2.06 bits per heavy atom. The second-order valence-electron chi connectivity index (χ2n) is 4.28. The first-order valence-electron chi connectivity index (χ1n) is 5.58. The van der Waals surface area contributed by atoms with Crippen LogP contribution in [0.15, 0.2) is 12.1 Å². The summed E-state index contributed by atoms with van der Waals surface area (Å²) in [7, 11) is 0. The van der Waals surface area contributed by atoms with Gasteiger partial charge in [0.25, 0.3) is 0 Å². The molecule has 0 unspecified atom stereocenters. The first-order valence-corrected chi connectivity index (χ1v) is 5.58. The minimum atomic E-state index is -0.482.